The number of anilines is 1. The highest BCUT2D eigenvalue weighted by Gasteiger charge is 2.41. The number of carbonyl (C=O) groups excluding carboxylic acids is 3. The summed E-state index contributed by atoms with van der Waals surface area (Å²) in [7, 11) is 0. The minimum absolute atomic E-state index is 0.0231. The molecule has 2 N–H and O–H groups in total. The number of aryl methyl sites for hydroxylation is 1. The molecule has 0 radical (unpaired) electrons. The second-order valence-electron chi connectivity index (χ2n) is 15.7. The third kappa shape index (κ3) is 12.3. The summed E-state index contributed by atoms with van der Waals surface area (Å²) in [4.78, 5) is 49.0. The van der Waals surface area contributed by atoms with Crippen LogP contribution in [0.1, 0.15) is 84.6 Å². The first-order valence-electron chi connectivity index (χ1n) is 21.0. The third-order valence-electron chi connectivity index (χ3n) is 11.5. The van der Waals surface area contributed by atoms with Gasteiger partial charge >= 0.3 is 0 Å². The van der Waals surface area contributed by atoms with Crippen molar-refractivity contribution in [2.45, 2.75) is 90.2 Å². The topological polar surface area (TPSA) is 126 Å². The third-order valence-corrected chi connectivity index (χ3v) is 12.3. The molecule has 12 nitrogen and oxygen atoms in total. The summed E-state index contributed by atoms with van der Waals surface area (Å²) >= 11 is 1.52. The molecule has 0 bridgehead atoms. The van der Waals surface area contributed by atoms with E-state index < -0.39 is 0 Å². The molecule has 3 aliphatic rings. The number of carbonyl (C=O) groups is 3. The molecule has 2 saturated heterocycles. The number of unbranched alkanes of at least 4 members (excludes halogenated alkanes) is 1. The van der Waals surface area contributed by atoms with E-state index in [1.54, 1.807) is 0 Å². The van der Waals surface area contributed by atoms with Crippen molar-refractivity contribution in [1.29, 1.82) is 0 Å². The number of nitrogens with one attached hydrogen (secondary N) is 2. The Kier molecular flexibility index (Phi) is 15.9. The number of thiazole rings is 1. The van der Waals surface area contributed by atoms with Gasteiger partial charge in [0.2, 0.25) is 5.91 Å². The average Bonchev–Trinajstić information content (AvgIpc) is 3.67. The maximum absolute atomic E-state index is 13.4. The summed E-state index contributed by atoms with van der Waals surface area (Å²) in [5.41, 5.74) is 4.65. The molecule has 3 amide bonds. The zero-order chi connectivity index (χ0) is 40.0. The SMILES string of the molecule is CCCC[C@@H](C)N(CCNCCc1cccc2c1OCC(=O)N2)C(=O)CCOCCc1ccc(CCN2CCC3(CC2)CN(C(=O)c2csc(C)n2)CCO3)cc1. The minimum atomic E-state index is -0.250. The Bertz CT molecular complexity index is 1760. The summed E-state index contributed by atoms with van der Waals surface area (Å²) < 4.78 is 18.0. The van der Waals surface area contributed by atoms with Crippen LogP contribution in [0.2, 0.25) is 0 Å². The molecule has 6 rings (SSSR count). The lowest BCUT2D eigenvalue weighted by Gasteiger charge is -2.47. The second kappa shape index (κ2) is 21.2. The van der Waals surface area contributed by atoms with E-state index in [0.29, 0.717) is 58.1 Å². The minimum Gasteiger partial charge on any atom is -0.481 e. The van der Waals surface area contributed by atoms with Gasteiger partial charge in [-0.05, 0) is 81.7 Å². The summed E-state index contributed by atoms with van der Waals surface area (Å²) in [6.07, 6.45) is 8.00. The van der Waals surface area contributed by atoms with Gasteiger partial charge < -0.3 is 39.5 Å². The molecule has 310 valence electrons. The molecule has 0 saturated carbocycles. The van der Waals surface area contributed by atoms with Crippen LogP contribution in [0.5, 0.6) is 5.75 Å². The van der Waals surface area contributed by atoms with Gasteiger partial charge in [-0.3, -0.25) is 14.4 Å². The number of ether oxygens (including phenoxy) is 3. The predicted octanol–water partition coefficient (Wildman–Crippen LogP) is 5.52. The predicted molar refractivity (Wildman–Crippen MR) is 224 cm³/mol. The fraction of sp³-hybridized carbons (Fsp3) is 0.591. The van der Waals surface area contributed by atoms with E-state index in [4.69, 9.17) is 14.2 Å². The van der Waals surface area contributed by atoms with Crippen LogP contribution in [-0.2, 0) is 38.3 Å². The van der Waals surface area contributed by atoms with Crippen LogP contribution in [0.4, 0.5) is 5.69 Å². The molecule has 13 heteroatoms. The summed E-state index contributed by atoms with van der Waals surface area (Å²) in [6.45, 7) is 14.2. The molecule has 0 aliphatic carbocycles. The number of para-hydroxylation sites is 1. The van der Waals surface area contributed by atoms with Crippen molar-refractivity contribution >= 4 is 34.7 Å². The van der Waals surface area contributed by atoms with Crippen molar-refractivity contribution < 1.29 is 28.6 Å². The zero-order valence-corrected chi connectivity index (χ0v) is 35.0. The van der Waals surface area contributed by atoms with Gasteiger partial charge in [-0.25, -0.2) is 4.98 Å². The van der Waals surface area contributed by atoms with Crippen LogP contribution >= 0.6 is 11.3 Å². The van der Waals surface area contributed by atoms with Crippen LogP contribution in [0, 0.1) is 6.92 Å². The lowest BCUT2D eigenvalue weighted by atomic mass is 9.89. The molecule has 0 unspecified atom stereocenters. The monoisotopic (exact) mass is 802 g/mol. The zero-order valence-electron chi connectivity index (χ0n) is 34.2. The normalized spacial score (nSPS) is 17.2. The van der Waals surface area contributed by atoms with Gasteiger partial charge in [-0.1, -0.05) is 56.2 Å². The van der Waals surface area contributed by atoms with Crippen LogP contribution in [0.25, 0.3) is 0 Å². The summed E-state index contributed by atoms with van der Waals surface area (Å²) in [6, 6.07) is 14.8. The number of nitrogens with zero attached hydrogens (tertiary/aromatic N) is 4. The number of likely N-dealkylation sites (tertiary alicyclic amines) is 1. The highest BCUT2D eigenvalue weighted by molar-refractivity contribution is 7.09. The lowest BCUT2D eigenvalue weighted by Crippen LogP contribution is -2.58. The molecule has 1 aromatic heterocycles. The van der Waals surface area contributed by atoms with E-state index in [2.05, 4.69) is 58.6 Å². The highest BCUT2D eigenvalue weighted by atomic mass is 32.1. The van der Waals surface area contributed by atoms with Crippen LogP contribution < -0.4 is 15.4 Å². The van der Waals surface area contributed by atoms with Crippen LogP contribution in [-0.4, -0.2) is 128 Å². The Hall–Kier alpha value is -3.88. The van der Waals surface area contributed by atoms with Crippen molar-refractivity contribution in [3.63, 3.8) is 0 Å². The molecule has 2 fully saturated rings. The van der Waals surface area contributed by atoms with Crippen LogP contribution in [0.3, 0.4) is 0 Å². The first-order chi connectivity index (χ1) is 27.7. The Morgan fingerprint density at radius 2 is 1.84 bits per heavy atom. The first kappa shape index (κ1) is 42.7. The fourth-order valence-corrected chi connectivity index (χ4v) is 8.64. The van der Waals surface area contributed by atoms with Gasteiger partial charge in [-0.2, -0.15) is 0 Å². The number of hydrogen-bond acceptors (Lipinski definition) is 10. The molecule has 57 heavy (non-hydrogen) atoms. The molecular formula is C44H62N6O6S. The molecule has 2 aromatic carbocycles. The van der Waals surface area contributed by atoms with Gasteiger partial charge in [0.1, 0.15) is 11.4 Å². The van der Waals surface area contributed by atoms with Gasteiger partial charge in [0.25, 0.3) is 11.8 Å². The Labute approximate surface area is 342 Å². The fourth-order valence-electron chi connectivity index (χ4n) is 8.05. The number of morpholine rings is 1. The average molecular weight is 803 g/mol. The van der Waals surface area contributed by atoms with Crippen molar-refractivity contribution in [1.82, 2.24) is 25.0 Å². The van der Waals surface area contributed by atoms with Crippen molar-refractivity contribution in [2.24, 2.45) is 0 Å². The highest BCUT2D eigenvalue weighted by Crippen LogP contribution is 2.32. The molecule has 3 aliphatic heterocycles. The smallest absolute Gasteiger partial charge is 0.273 e. The number of fused-ring (bicyclic) bond motifs is 1. The Balaban J connectivity index is 0.852. The van der Waals surface area contributed by atoms with Gasteiger partial charge in [0.15, 0.2) is 6.61 Å². The molecule has 1 atom stereocenters. The van der Waals surface area contributed by atoms with E-state index in [0.717, 1.165) is 99.6 Å². The van der Waals surface area contributed by atoms with Gasteiger partial charge in [-0.15, -0.1) is 11.3 Å². The van der Waals surface area contributed by atoms with E-state index in [-0.39, 0.29) is 36.0 Å². The molecular weight excluding hydrogens is 741 g/mol. The summed E-state index contributed by atoms with van der Waals surface area (Å²) in [5, 5.41) is 9.15. The van der Waals surface area contributed by atoms with Crippen molar-refractivity contribution in [3.8, 4) is 5.75 Å². The maximum Gasteiger partial charge on any atom is 0.273 e. The van der Waals surface area contributed by atoms with Crippen molar-refractivity contribution in [3.05, 3.63) is 75.2 Å². The number of piperidine rings is 1. The Morgan fingerprint density at radius 3 is 2.60 bits per heavy atom. The summed E-state index contributed by atoms with van der Waals surface area (Å²) in [5.74, 6) is 0.782. The van der Waals surface area contributed by atoms with Crippen molar-refractivity contribution in [2.75, 3.05) is 84.1 Å². The maximum atomic E-state index is 13.4. The van der Waals surface area contributed by atoms with Crippen LogP contribution in [0.15, 0.2) is 47.8 Å². The van der Waals surface area contributed by atoms with E-state index in [1.807, 2.05) is 40.3 Å². The number of benzene rings is 2. The Morgan fingerprint density at radius 1 is 1.05 bits per heavy atom. The number of rotatable bonds is 20. The lowest BCUT2D eigenvalue weighted by molar-refractivity contribution is -0.134. The van der Waals surface area contributed by atoms with E-state index in [1.165, 1.54) is 22.5 Å². The van der Waals surface area contributed by atoms with E-state index in [9.17, 15) is 14.4 Å². The van der Waals surface area contributed by atoms with Gasteiger partial charge in [0.05, 0.1) is 49.1 Å². The number of aromatic nitrogens is 1. The molecule has 4 heterocycles. The number of hydrogen-bond donors (Lipinski definition) is 2. The first-order valence-corrected chi connectivity index (χ1v) is 21.9. The molecule has 1 spiro atoms. The largest absolute Gasteiger partial charge is 0.481 e. The standard InChI is InChI=1S/C44H62N6O6S/c1-4-5-7-33(2)50(25-21-45-20-14-37-8-6-9-38-42(37)55-30-40(51)47-38)41(52)17-28-54-27-16-36-12-10-35(11-13-36)15-22-48-23-18-44(19-24-48)32-49(26-29-56-44)43(53)39-31-57-34(3)46-39/h6,8-13,31,33,45H,4-5,7,14-30,32H2,1-3H3,(H,47,51)/t33-/m1/s1. The van der Waals surface area contributed by atoms with Gasteiger partial charge in [0, 0.05) is 50.7 Å². The second-order valence-corrected chi connectivity index (χ2v) is 16.8. The molecule has 3 aromatic rings. The van der Waals surface area contributed by atoms with E-state index >= 15 is 0 Å². The number of amides is 3. The quantitative estimate of drug-likeness (QED) is 0.142.